The predicted octanol–water partition coefficient (Wildman–Crippen LogP) is 4.52. The molecule has 7 N–H and O–H groups in total. The second kappa shape index (κ2) is 25.6. The van der Waals surface area contributed by atoms with E-state index in [9.17, 15) is 43.2 Å². The number of carbonyl (C=O) groups is 9. The van der Waals surface area contributed by atoms with E-state index in [1.165, 1.54) is 30.2 Å². The third-order valence-electron chi connectivity index (χ3n) is 11.6. The minimum atomic E-state index is -1.01. The standard InChI is InChI=1S/C49H72N8O11/c1-13-29(7)39(44(62)54-38(28(5)6)47(65)67-12)55-41(59)31-18-15-20-33(24-31)51-36(58)26-50-42(60)35-22-17-23-57(35)46(64)32-19-16-21-34(25-32)52-43(61)37(27(3)4)53-45(63)40(30(8)14-2)56-48(66)68-49(9,10)11/h15-16,18-21,24-25,27-30,35,37-40H,13-14,17,22-23,26H2,1-12H3,(H,50,60)(H,51,58)(H,52,61)(H,53,63)(H,54,62)(H,55,59)(H,56,66)/t29-,30-,35-,37-,38-,39-,40-/m0/s1. The Morgan fingerprint density at radius 3 is 1.75 bits per heavy atom. The molecule has 1 heterocycles. The molecule has 1 aliphatic heterocycles. The van der Waals surface area contributed by atoms with Crippen LogP contribution in [0.15, 0.2) is 48.5 Å². The second-order valence-corrected chi connectivity index (χ2v) is 18.9. The molecule has 3 rings (SSSR count). The maximum Gasteiger partial charge on any atom is 0.408 e. The Kier molecular flexibility index (Phi) is 21.0. The Morgan fingerprint density at radius 2 is 1.21 bits per heavy atom. The van der Waals surface area contributed by atoms with E-state index < -0.39 is 95.8 Å². The lowest BCUT2D eigenvalue weighted by Gasteiger charge is -2.29. The first kappa shape index (κ1) is 55.8. The smallest absolute Gasteiger partial charge is 0.408 e. The van der Waals surface area contributed by atoms with Gasteiger partial charge in [0.05, 0.1) is 13.7 Å². The molecule has 0 radical (unpaired) electrons. The van der Waals surface area contributed by atoms with E-state index in [0.29, 0.717) is 25.7 Å². The van der Waals surface area contributed by atoms with Gasteiger partial charge in [-0.25, -0.2) is 9.59 Å². The Morgan fingerprint density at radius 1 is 0.676 bits per heavy atom. The first-order valence-electron chi connectivity index (χ1n) is 23.3. The fraction of sp³-hybridized carbons (Fsp3) is 0.571. The van der Waals surface area contributed by atoms with Gasteiger partial charge in [0, 0.05) is 29.0 Å². The van der Waals surface area contributed by atoms with Gasteiger partial charge in [0.2, 0.25) is 29.5 Å². The SMILES string of the molecule is CC[C@H](C)[C@H](NC(=O)OC(C)(C)C)C(=O)N[C@H](C(=O)Nc1cccc(C(=O)N2CCC[C@H]2C(=O)NCC(=O)Nc2cccc(C(=O)N[C@H](C(=O)N[C@H](C(=O)OC)C(C)C)[C@@H](C)CC)c2)c1)C(C)C. The molecule has 0 unspecified atom stereocenters. The number of amides is 8. The van der Waals surface area contributed by atoms with Crippen LogP contribution in [0.4, 0.5) is 16.2 Å². The van der Waals surface area contributed by atoms with Crippen LogP contribution in [0.25, 0.3) is 0 Å². The van der Waals surface area contributed by atoms with Gasteiger partial charge in [-0.15, -0.1) is 0 Å². The van der Waals surface area contributed by atoms with Crippen LogP contribution in [0.5, 0.6) is 0 Å². The Hall–Kier alpha value is -6.53. The van der Waals surface area contributed by atoms with Crippen LogP contribution in [-0.4, -0.2) is 114 Å². The number of carbonyl (C=O) groups excluding carboxylic acids is 9. The average molecular weight is 949 g/mol. The summed E-state index contributed by atoms with van der Waals surface area (Å²) in [7, 11) is 1.23. The van der Waals surface area contributed by atoms with Crippen molar-refractivity contribution >= 4 is 64.8 Å². The lowest BCUT2D eigenvalue weighted by atomic mass is 9.96. The fourth-order valence-corrected chi connectivity index (χ4v) is 7.34. The molecule has 8 amide bonds. The number of nitrogens with one attached hydrogen (secondary N) is 7. The maximum absolute atomic E-state index is 13.8. The molecule has 374 valence electrons. The van der Waals surface area contributed by atoms with Crippen molar-refractivity contribution in [3.8, 4) is 0 Å². The summed E-state index contributed by atoms with van der Waals surface area (Å²) in [6.07, 6.45) is 1.23. The number of nitrogens with zero attached hydrogens (tertiary/aromatic N) is 1. The van der Waals surface area contributed by atoms with Crippen molar-refractivity contribution in [3.05, 3.63) is 59.7 Å². The molecule has 1 aliphatic rings. The molecular weight excluding hydrogens is 877 g/mol. The highest BCUT2D eigenvalue weighted by Crippen LogP contribution is 2.23. The van der Waals surface area contributed by atoms with E-state index in [0.717, 1.165) is 0 Å². The minimum Gasteiger partial charge on any atom is -0.467 e. The summed E-state index contributed by atoms with van der Waals surface area (Å²) >= 11 is 0. The topological polar surface area (TPSA) is 260 Å². The quantitative estimate of drug-likeness (QED) is 0.0856. The molecule has 19 heteroatoms. The summed E-state index contributed by atoms with van der Waals surface area (Å²) < 4.78 is 10.2. The summed E-state index contributed by atoms with van der Waals surface area (Å²) in [6, 6.07) is 7.51. The molecule has 0 bridgehead atoms. The molecule has 1 fully saturated rings. The fourth-order valence-electron chi connectivity index (χ4n) is 7.34. The minimum absolute atomic E-state index is 0.150. The van der Waals surface area contributed by atoms with Crippen molar-refractivity contribution in [2.75, 3.05) is 30.8 Å². The van der Waals surface area contributed by atoms with Gasteiger partial charge in [-0.2, -0.15) is 0 Å². The van der Waals surface area contributed by atoms with Gasteiger partial charge >= 0.3 is 12.1 Å². The number of likely N-dealkylation sites (tertiary alicyclic amines) is 1. The van der Waals surface area contributed by atoms with E-state index in [4.69, 9.17) is 9.47 Å². The molecule has 2 aromatic carbocycles. The van der Waals surface area contributed by atoms with Crippen LogP contribution in [0.2, 0.25) is 0 Å². The van der Waals surface area contributed by atoms with E-state index in [1.807, 2.05) is 20.8 Å². The number of alkyl carbamates (subject to hydrolysis) is 1. The van der Waals surface area contributed by atoms with Gasteiger partial charge in [-0.05, 0) is 93.7 Å². The van der Waals surface area contributed by atoms with E-state index >= 15 is 0 Å². The molecular formula is C49H72N8O11. The zero-order chi connectivity index (χ0) is 51.0. The first-order valence-corrected chi connectivity index (χ1v) is 23.3. The summed E-state index contributed by atoms with van der Waals surface area (Å²) in [5.41, 5.74) is 0.0984. The molecule has 19 nitrogen and oxygen atoms in total. The molecule has 2 aromatic rings. The zero-order valence-corrected chi connectivity index (χ0v) is 41.5. The summed E-state index contributed by atoms with van der Waals surface area (Å²) in [6.45, 7) is 19.4. The van der Waals surface area contributed by atoms with Gasteiger partial charge in [0.25, 0.3) is 11.8 Å². The van der Waals surface area contributed by atoms with Crippen LogP contribution < -0.4 is 37.2 Å². The van der Waals surface area contributed by atoms with Crippen molar-refractivity contribution in [3.63, 3.8) is 0 Å². The molecule has 0 aromatic heterocycles. The van der Waals surface area contributed by atoms with Crippen LogP contribution in [-0.2, 0) is 38.2 Å². The monoisotopic (exact) mass is 949 g/mol. The van der Waals surface area contributed by atoms with Crippen molar-refractivity contribution in [2.24, 2.45) is 23.7 Å². The number of benzene rings is 2. The third kappa shape index (κ3) is 16.4. The maximum atomic E-state index is 13.8. The van der Waals surface area contributed by atoms with Crippen molar-refractivity contribution in [1.82, 2.24) is 31.5 Å². The van der Waals surface area contributed by atoms with Crippen molar-refractivity contribution in [2.45, 2.75) is 138 Å². The van der Waals surface area contributed by atoms with Gasteiger partial charge in [-0.3, -0.25) is 33.6 Å². The Labute approximate surface area is 399 Å². The number of hydrogen-bond acceptors (Lipinski definition) is 11. The van der Waals surface area contributed by atoms with E-state index in [-0.39, 0.29) is 52.7 Å². The van der Waals surface area contributed by atoms with Crippen molar-refractivity contribution < 1.29 is 52.6 Å². The molecule has 1 saturated heterocycles. The number of anilines is 2. The van der Waals surface area contributed by atoms with Gasteiger partial charge in [0.15, 0.2) is 0 Å². The lowest BCUT2D eigenvalue weighted by Crippen LogP contribution is -2.56. The van der Waals surface area contributed by atoms with Crippen LogP contribution in [0.1, 0.15) is 123 Å². The van der Waals surface area contributed by atoms with Crippen LogP contribution in [0.3, 0.4) is 0 Å². The number of rotatable bonds is 21. The number of ether oxygens (including phenoxy) is 2. The number of esters is 1. The normalized spacial score (nSPS) is 16.2. The number of hydrogen-bond donors (Lipinski definition) is 7. The summed E-state index contributed by atoms with van der Waals surface area (Å²) in [4.78, 5) is 121. The zero-order valence-electron chi connectivity index (χ0n) is 41.5. The summed E-state index contributed by atoms with van der Waals surface area (Å²) in [5, 5.41) is 18.9. The van der Waals surface area contributed by atoms with Gasteiger partial charge in [-0.1, -0.05) is 80.4 Å². The lowest BCUT2D eigenvalue weighted by molar-refractivity contribution is -0.146. The molecule has 7 atom stereocenters. The Bertz CT molecular complexity index is 2140. The highest BCUT2D eigenvalue weighted by molar-refractivity contribution is 6.03. The molecule has 0 spiro atoms. The first-order chi connectivity index (χ1) is 31.9. The van der Waals surface area contributed by atoms with E-state index in [1.54, 1.807) is 85.7 Å². The largest absolute Gasteiger partial charge is 0.467 e. The molecule has 0 saturated carbocycles. The Balaban J connectivity index is 1.63. The van der Waals surface area contributed by atoms with Crippen molar-refractivity contribution in [1.29, 1.82) is 0 Å². The number of methoxy groups -OCH3 is 1. The highest BCUT2D eigenvalue weighted by Gasteiger charge is 2.36. The van der Waals surface area contributed by atoms with E-state index in [2.05, 4.69) is 37.2 Å². The second-order valence-electron chi connectivity index (χ2n) is 18.9. The third-order valence-corrected chi connectivity index (χ3v) is 11.6. The van der Waals surface area contributed by atoms with Crippen LogP contribution in [0, 0.1) is 23.7 Å². The van der Waals surface area contributed by atoms with Gasteiger partial charge < -0.3 is 51.6 Å². The molecule has 68 heavy (non-hydrogen) atoms. The molecule has 0 aliphatic carbocycles. The summed E-state index contributed by atoms with van der Waals surface area (Å²) in [5.74, 6) is -5.64. The van der Waals surface area contributed by atoms with Gasteiger partial charge in [0.1, 0.15) is 35.8 Å². The van der Waals surface area contributed by atoms with Crippen LogP contribution >= 0.6 is 0 Å². The average Bonchev–Trinajstić information content (AvgIpc) is 3.78. The predicted molar refractivity (Wildman–Crippen MR) is 256 cm³/mol. The highest BCUT2D eigenvalue weighted by atomic mass is 16.6.